The molecule has 5 heteroatoms. The Kier molecular flexibility index (Phi) is 7.54. The molecular formula is C12H24N2O3. The van der Waals surface area contributed by atoms with Gasteiger partial charge in [0, 0.05) is 12.6 Å². The standard InChI is InChI=1S/C12H24N2O3/c1-4-10(6-11(15)16)14-12(17)9(7-13)5-8(2)3/h8-10H,4-7,13H2,1-3H3,(H,14,17)(H,15,16). The molecule has 0 bridgehead atoms. The van der Waals surface area contributed by atoms with Crippen LogP contribution in [0, 0.1) is 11.8 Å². The highest BCUT2D eigenvalue weighted by molar-refractivity contribution is 5.80. The molecule has 0 saturated carbocycles. The van der Waals surface area contributed by atoms with E-state index in [9.17, 15) is 9.59 Å². The number of carboxylic acids is 1. The Morgan fingerprint density at radius 1 is 1.35 bits per heavy atom. The third-order valence-corrected chi connectivity index (χ3v) is 2.67. The quantitative estimate of drug-likeness (QED) is 0.593. The number of aliphatic carboxylic acids is 1. The van der Waals surface area contributed by atoms with Crippen LogP contribution in [0.2, 0.25) is 0 Å². The average molecular weight is 244 g/mol. The van der Waals surface area contributed by atoms with Crippen molar-refractivity contribution in [3.63, 3.8) is 0 Å². The summed E-state index contributed by atoms with van der Waals surface area (Å²) in [7, 11) is 0. The molecule has 17 heavy (non-hydrogen) atoms. The van der Waals surface area contributed by atoms with Crippen LogP contribution in [0.15, 0.2) is 0 Å². The van der Waals surface area contributed by atoms with Crippen molar-refractivity contribution in [3.05, 3.63) is 0 Å². The zero-order valence-corrected chi connectivity index (χ0v) is 10.9. The fourth-order valence-electron chi connectivity index (χ4n) is 1.71. The number of nitrogens with one attached hydrogen (secondary N) is 1. The van der Waals surface area contributed by atoms with E-state index >= 15 is 0 Å². The summed E-state index contributed by atoms with van der Waals surface area (Å²) in [6, 6.07) is -0.304. The smallest absolute Gasteiger partial charge is 0.305 e. The number of nitrogens with two attached hydrogens (primary N) is 1. The van der Waals surface area contributed by atoms with Gasteiger partial charge in [0.25, 0.3) is 0 Å². The molecule has 0 aliphatic heterocycles. The Bertz CT molecular complexity index is 254. The lowest BCUT2D eigenvalue weighted by molar-refractivity contribution is -0.137. The molecule has 0 aromatic rings. The average Bonchev–Trinajstić information content (AvgIpc) is 2.23. The topological polar surface area (TPSA) is 92.4 Å². The van der Waals surface area contributed by atoms with Gasteiger partial charge in [-0.05, 0) is 18.8 Å². The Hall–Kier alpha value is -1.10. The van der Waals surface area contributed by atoms with E-state index in [1.54, 1.807) is 0 Å². The fourth-order valence-corrected chi connectivity index (χ4v) is 1.71. The lowest BCUT2D eigenvalue weighted by atomic mass is 9.96. The highest BCUT2D eigenvalue weighted by atomic mass is 16.4. The number of amides is 1. The minimum absolute atomic E-state index is 0.0405. The number of hydrogen-bond donors (Lipinski definition) is 3. The molecule has 5 nitrogen and oxygen atoms in total. The highest BCUT2D eigenvalue weighted by Crippen LogP contribution is 2.11. The molecule has 4 N–H and O–H groups in total. The first-order valence-corrected chi connectivity index (χ1v) is 6.12. The van der Waals surface area contributed by atoms with Crippen molar-refractivity contribution in [2.45, 2.75) is 46.1 Å². The first-order valence-electron chi connectivity index (χ1n) is 6.12. The molecule has 1 amide bonds. The molecule has 0 aliphatic carbocycles. The second-order valence-electron chi connectivity index (χ2n) is 4.77. The summed E-state index contributed by atoms with van der Waals surface area (Å²) in [5.41, 5.74) is 5.56. The van der Waals surface area contributed by atoms with Gasteiger partial charge in [-0.15, -0.1) is 0 Å². The van der Waals surface area contributed by atoms with Crippen molar-refractivity contribution < 1.29 is 14.7 Å². The van der Waals surface area contributed by atoms with Crippen molar-refractivity contribution in [2.75, 3.05) is 6.54 Å². The van der Waals surface area contributed by atoms with Gasteiger partial charge in [-0.1, -0.05) is 20.8 Å². The minimum atomic E-state index is -0.898. The third kappa shape index (κ3) is 6.94. The maximum absolute atomic E-state index is 11.9. The summed E-state index contributed by atoms with van der Waals surface area (Å²) in [4.78, 5) is 22.5. The summed E-state index contributed by atoms with van der Waals surface area (Å²) in [6.45, 7) is 6.22. The first-order chi connectivity index (χ1) is 7.90. The van der Waals surface area contributed by atoms with E-state index in [2.05, 4.69) is 5.32 Å². The van der Waals surface area contributed by atoms with E-state index in [0.29, 0.717) is 18.9 Å². The molecule has 2 unspecified atom stereocenters. The summed E-state index contributed by atoms with van der Waals surface area (Å²) < 4.78 is 0. The van der Waals surface area contributed by atoms with E-state index in [0.717, 1.165) is 6.42 Å². The van der Waals surface area contributed by atoms with Gasteiger partial charge in [-0.2, -0.15) is 0 Å². The van der Waals surface area contributed by atoms with Gasteiger partial charge < -0.3 is 16.2 Å². The lowest BCUT2D eigenvalue weighted by Gasteiger charge is -2.21. The minimum Gasteiger partial charge on any atom is -0.481 e. The number of rotatable bonds is 8. The molecule has 0 radical (unpaired) electrons. The normalized spacial score (nSPS) is 14.4. The van der Waals surface area contributed by atoms with E-state index in [1.165, 1.54) is 0 Å². The summed E-state index contributed by atoms with van der Waals surface area (Å²) >= 11 is 0. The van der Waals surface area contributed by atoms with E-state index in [1.807, 2.05) is 20.8 Å². The number of hydrogen-bond acceptors (Lipinski definition) is 3. The molecular weight excluding hydrogens is 220 g/mol. The Morgan fingerprint density at radius 3 is 2.29 bits per heavy atom. The SMILES string of the molecule is CCC(CC(=O)O)NC(=O)C(CN)CC(C)C. The van der Waals surface area contributed by atoms with Gasteiger partial charge in [-0.3, -0.25) is 9.59 Å². The second-order valence-corrected chi connectivity index (χ2v) is 4.77. The van der Waals surface area contributed by atoms with Gasteiger partial charge in [0.15, 0.2) is 0 Å². The van der Waals surface area contributed by atoms with Gasteiger partial charge in [-0.25, -0.2) is 0 Å². The molecule has 2 atom stereocenters. The van der Waals surface area contributed by atoms with Crippen LogP contribution in [0.5, 0.6) is 0 Å². The van der Waals surface area contributed by atoms with Crippen LogP contribution < -0.4 is 11.1 Å². The Labute approximate surface area is 103 Å². The number of carboxylic acid groups (broad SMARTS) is 1. The van der Waals surface area contributed by atoms with Gasteiger partial charge in [0.1, 0.15) is 0 Å². The van der Waals surface area contributed by atoms with Crippen molar-refractivity contribution in [3.8, 4) is 0 Å². The molecule has 100 valence electrons. The zero-order chi connectivity index (χ0) is 13.4. The van der Waals surface area contributed by atoms with Crippen molar-refractivity contribution >= 4 is 11.9 Å². The number of carbonyl (C=O) groups excluding carboxylic acids is 1. The van der Waals surface area contributed by atoms with Crippen LogP contribution in [0.3, 0.4) is 0 Å². The largest absolute Gasteiger partial charge is 0.481 e. The Balaban J connectivity index is 4.31. The maximum Gasteiger partial charge on any atom is 0.305 e. The van der Waals surface area contributed by atoms with E-state index in [-0.39, 0.29) is 24.3 Å². The molecule has 0 fully saturated rings. The van der Waals surface area contributed by atoms with Crippen LogP contribution in [-0.4, -0.2) is 29.6 Å². The summed E-state index contributed by atoms with van der Waals surface area (Å²) in [5, 5.41) is 11.4. The van der Waals surface area contributed by atoms with Crippen LogP contribution in [0.25, 0.3) is 0 Å². The zero-order valence-electron chi connectivity index (χ0n) is 10.9. The van der Waals surface area contributed by atoms with Gasteiger partial charge in [0.2, 0.25) is 5.91 Å². The second kappa shape index (κ2) is 8.06. The molecule has 0 saturated heterocycles. The molecule has 0 aromatic heterocycles. The van der Waals surface area contributed by atoms with Gasteiger partial charge >= 0.3 is 5.97 Å². The van der Waals surface area contributed by atoms with Crippen molar-refractivity contribution in [1.82, 2.24) is 5.32 Å². The Morgan fingerprint density at radius 2 is 1.94 bits per heavy atom. The summed E-state index contributed by atoms with van der Waals surface area (Å²) in [6.07, 6.45) is 1.30. The van der Waals surface area contributed by atoms with Crippen molar-refractivity contribution in [1.29, 1.82) is 0 Å². The molecule has 0 heterocycles. The molecule has 0 rings (SSSR count). The molecule has 0 aliphatic rings. The van der Waals surface area contributed by atoms with Gasteiger partial charge in [0.05, 0.1) is 12.3 Å². The van der Waals surface area contributed by atoms with Crippen LogP contribution in [0.1, 0.15) is 40.0 Å². The third-order valence-electron chi connectivity index (χ3n) is 2.67. The maximum atomic E-state index is 11.9. The predicted molar refractivity (Wildman–Crippen MR) is 66.5 cm³/mol. The van der Waals surface area contributed by atoms with E-state index in [4.69, 9.17) is 10.8 Å². The van der Waals surface area contributed by atoms with Crippen LogP contribution >= 0.6 is 0 Å². The summed E-state index contributed by atoms with van der Waals surface area (Å²) in [5.74, 6) is -0.855. The number of carbonyl (C=O) groups is 2. The lowest BCUT2D eigenvalue weighted by Crippen LogP contribution is -2.42. The monoisotopic (exact) mass is 244 g/mol. The van der Waals surface area contributed by atoms with Crippen LogP contribution in [0.4, 0.5) is 0 Å². The van der Waals surface area contributed by atoms with Crippen LogP contribution in [-0.2, 0) is 9.59 Å². The fraction of sp³-hybridized carbons (Fsp3) is 0.833. The molecule has 0 aromatic carbocycles. The molecule has 0 spiro atoms. The van der Waals surface area contributed by atoms with E-state index < -0.39 is 5.97 Å². The first kappa shape index (κ1) is 15.9. The highest BCUT2D eigenvalue weighted by Gasteiger charge is 2.21. The predicted octanol–water partition coefficient (Wildman–Crippen LogP) is 0.977. The van der Waals surface area contributed by atoms with Crippen molar-refractivity contribution in [2.24, 2.45) is 17.6 Å².